The smallest absolute Gasteiger partial charge is 0.388 e. The van der Waals surface area contributed by atoms with Crippen LogP contribution >= 0.6 is 7.82 Å². The van der Waals surface area contributed by atoms with Crippen molar-refractivity contribution in [1.29, 1.82) is 0 Å². The largest absolute Gasteiger partial charge is 0.472 e. The van der Waals surface area contributed by atoms with Gasteiger partial charge in [-0.05, 0) is 6.42 Å². The first-order chi connectivity index (χ1) is 18.6. The number of hydrogen-bond donors (Lipinski definition) is 7. The molecule has 1 aliphatic carbocycles. The van der Waals surface area contributed by atoms with E-state index < -0.39 is 57.2 Å². The second-order valence-electron chi connectivity index (χ2n) is 10.8. The standard InChI is InChI=1S/C27H55O11P/c1-2-3-4-5-6-7-8-9-10-11-12-13-14-15-16-17-18-36-19-21(28)20-37-39(34,35)38-27-25(32)23(30)22(29)24(31)26(27)33/h21-33H,2-20H2,1H3,(H,34,35)/t21-,22?,23-,24?,25?,26?,27?/m1/s1. The zero-order chi connectivity index (χ0) is 29.1. The first-order valence-corrected chi connectivity index (χ1v) is 16.4. The highest BCUT2D eigenvalue weighted by molar-refractivity contribution is 7.47. The minimum Gasteiger partial charge on any atom is -0.388 e. The lowest BCUT2D eigenvalue weighted by Crippen LogP contribution is -2.64. The van der Waals surface area contributed by atoms with E-state index in [1.165, 1.54) is 83.5 Å². The first-order valence-electron chi connectivity index (χ1n) is 14.9. The second-order valence-corrected chi connectivity index (χ2v) is 12.2. The molecule has 11 nitrogen and oxygen atoms in total. The fourth-order valence-electron chi connectivity index (χ4n) is 4.71. The molecule has 0 heterocycles. The molecule has 234 valence electrons. The van der Waals surface area contributed by atoms with Crippen LogP contribution in [0.15, 0.2) is 0 Å². The van der Waals surface area contributed by atoms with E-state index in [4.69, 9.17) is 9.26 Å². The number of rotatable bonds is 24. The Hall–Kier alpha value is -0.170. The van der Waals surface area contributed by atoms with Gasteiger partial charge in [0.05, 0.1) is 13.2 Å². The molecule has 1 saturated carbocycles. The number of phosphoric ester groups is 1. The quantitative estimate of drug-likeness (QED) is 0.0651. The number of phosphoric acid groups is 1. The van der Waals surface area contributed by atoms with E-state index in [1.807, 2.05) is 0 Å². The SMILES string of the molecule is CCCCCCCCCCCCCCCCCCOC[C@@H](O)COP(=O)(O)OC1C(O)C(O)C(O)[C@@H](O)C1O. The second kappa shape index (κ2) is 21.5. The Bertz CT molecular complexity index is 625. The van der Waals surface area contributed by atoms with Crippen LogP contribution in [-0.4, -0.2) is 98.1 Å². The summed E-state index contributed by atoms with van der Waals surface area (Å²) in [5.41, 5.74) is 0. The van der Waals surface area contributed by atoms with Gasteiger partial charge < -0.3 is 40.3 Å². The summed E-state index contributed by atoms with van der Waals surface area (Å²) in [6.07, 6.45) is 7.71. The van der Waals surface area contributed by atoms with Crippen LogP contribution in [0.1, 0.15) is 110 Å². The van der Waals surface area contributed by atoms with Crippen molar-refractivity contribution in [2.75, 3.05) is 19.8 Å². The molecular formula is C27H55O11P. The van der Waals surface area contributed by atoms with Gasteiger partial charge >= 0.3 is 7.82 Å². The van der Waals surface area contributed by atoms with Gasteiger partial charge in [-0.3, -0.25) is 9.05 Å². The Kier molecular flexibility index (Phi) is 20.3. The third kappa shape index (κ3) is 16.2. The summed E-state index contributed by atoms with van der Waals surface area (Å²) in [5, 5.41) is 58.6. The van der Waals surface area contributed by atoms with Crippen LogP contribution in [0.25, 0.3) is 0 Å². The highest BCUT2D eigenvalue weighted by Gasteiger charge is 2.51. The van der Waals surface area contributed by atoms with E-state index in [9.17, 15) is 40.1 Å². The fourth-order valence-corrected chi connectivity index (χ4v) is 5.68. The molecule has 1 fully saturated rings. The van der Waals surface area contributed by atoms with Gasteiger partial charge in [0.25, 0.3) is 0 Å². The van der Waals surface area contributed by atoms with Gasteiger partial charge in [0.2, 0.25) is 0 Å². The Balaban J connectivity index is 1.98. The van der Waals surface area contributed by atoms with Crippen molar-refractivity contribution < 1.29 is 53.9 Å². The topological polar surface area (TPSA) is 186 Å². The van der Waals surface area contributed by atoms with Crippen LogP contribution in [0.5, 0.6) is 0 Å². The Morgan fingerprint density at radius 2 is 1.00 bits per heavy atom. The van der Waals surface area contributed by atoms with Gasteiger partial charge in [-0.25, -0.2) is 4.57 Å². The highest BCUT2D eigenvalue weighted by atomic mass is 31.2. The molecule has 12 heteroatoms. The van der Waals surface area contributed by atoms with Crippen molar-refractivity contribution in [3.05, 3.63) is 0 Å². The normalized spacial score (nSPS) is 27.9. The molecule has 39 heavy (non-hydrogen) atoms. The van der Waals surface area contributed by atoms with E-state index >= 15 is 0 Å². The molecule has 0 amide bonds. The van der Waals surface area contributed by atoms with Gasteiger partial charge in [0.15, 0.2) is 0 Å². The predicted molar refractivity (Wildman–Crippen MR) is 147 cm³/mol. The average Bonchev–Trinajstić information content (AvgIpc) is 2.91. The monoisotopic (exact) mass is 586 g/mol. The van der Waals surface area contributed by atoms with Crippen LogP contribution in [0.4, 0.5) is 0 Å². The lowest BCUT2D eigenvalue weighted by molar-refractivity contribution is -0.220. The third-order valence-corrected chi connectivity index (χ3v) is 8.20. The zero-order valence-electron chi connectivity index (χ0n) is 23.7. The Morgan fingerprint density at radius 3 is 1.44 bits per heavy atom. The Morgan fingerprint density at radius 1 is 0.615 bits per heavy atom. The fraction of sp³-hybridized carbons (Fsp3) is 1.00. The van der Waals surface area contributed by atoms with Crippen molar-refractivity contribution >= 4 is 7.82 Å². The van der Waals surface area contributed by atoms with Gasteiger partial charge in [-0.2, -0.15) is 0 Å². The maximum atomic E-state index is 12.1. The molecule has 0 aromatic heterocycles. The van der Waals surface area contributed by atoms with E-state index in [-0.39, 0.29) is 6.61 Å². The Labute approximate surface area is 234 Å². The van der Waals surface area contributed by atoms with Crippen LogP contribution < -0.4 is 0 Å². The molecule has 6 unspecified atom stereocenters. The number of aliphatic hydroxyl groups is 6. The molecule has 1 aliphatic rings. The van der Waals surface area contributed by atoms with E-state index in [1.54, 1.807) is 0 Å². The van der Waals surface area contributed by atoms with Gasteiger partial charge in [-0.15, -0.1) is 0 Å². The van der Waals surface area contributed by atoms with Crippen LogP contribution in [0.3, 0.4) is 0 Å². The molecule has 0 aliphatic heterocycles. The highest BCUT2D eigenvalue weighted by Crippen LogP contribution is 2.47. The average molecular weight is 587 g/mol. The first kappa shape index (κ1) is 36.9. The minimum absolute atomic E-state index is 0.114. The molecule has 0 radical (unpaired) electrons. The zero-order valence-corrected chi connectivity index (χ0v) is 24.6. The molecule has 1 rings (SSSR count). The van der Waals surface area contributed by atoms with Crippen molar-refractivity contribution in [3.63, 3.8) is 0 Å². The maximum Gasteiger partial charge on any atom is 0.472 e. The van der Waals surface area contributed by atoms with Crippen LogP contribution in [0.2, 0.25) is 0 Å². The van der Waals surface area contributed by atoms with Gasteiger partial charge in [0.1, 0.15) is 42.7 Å². The molecule has 0 bridgehead atoms. The van der Waals surface area contributed by atoms with Crippen LogP contribution in [-0.2, 0) is 18.3 Å². The molecule has 0 aromatic carbocycles. The molecular weight excluding hydrogens is 531 g/mol. The lowest BCUT2D eigenvalue weighted by Gasteiger charge is -2.41. The van der Waals surface area contributed by atoms with E-state index in [0.29, 0.717) is 6.61 Å². The molecule has 0 spiro atoms. The van der Waals surface area contributed by atoms with E-state index in [0.717, 1.165) is 19.3 Å². The third-order valence-electron chi connectivity index (χ3n) is 7.21. The summed E-state index contributed by atoms with van der Waals surface area (Å²) >= 11 is 0. The van der Waals surface area contributed by atoms with Gasteiger partial charge in [-0.1, -0.05) is 103 Å². The van der Waals surface area contributed by atoms with Crippen molar-refractivity contribution in [2.45, 2.75) is 152 Å². The van der Waals surface area contributed by atoms with Crippen molar-refractivity contribution in [2.24, 2.45) is 0 Å². The summed E-state index contributed by atoms with van der Waals surface area (Å²) in [4.78, 5) is 9.83. The molecule has 0 aromatic rings. The summed E-state index contributed by atoms with van der Waals surface area (Å²) < 4.78 is 26.9. The van der Waals surface area contributed by atoms with Crippen molar-refractivity contribution in [3.8, 4) is 0 Å². The van der Waals surface area contributed by atoms with Crippen LogP contribution in [0, 0.1) is 0 Å². The van der Waals surface area contributed by atoms with Crippen molar-refractivity contribution in [1.82, 2.24) is 0 Å². The maximum absolute atomic E-state index is 12.1. The summed E-state index contributed by atoms with van der Waals surface area (Å²) in [6.45, 7) is 1.97. The summed E-state index contributed by atoms with van der Waals surface area (Å²) in [5.74, 6) is 0. The minimum atomic E-state index is -4.88. The molecule has 8 atom stereocenters. The number of ether oxygens (including phenoxy) is 1. The lowest BCUT2D eigenvalue weighted by atomic mass is 9.85. The number of aliphatic hydroxyl groups excluding tert-OH is 6. The molecule has 0 saturated heterocycles. The predicted octanol–water partition coefficient (Wildman–Crippen LogP) is 2.95. The van der Waals surface area contributed by atoms with E-state index in [2.05, 4.69) is 11.4 Å². The van der Waals surface area contributed by atoms with Gasteiger partial charge in [0, 0.05) is 6.61 Å². The number of hydrogen-bond acceptors (Lipinski definition) is 10. The summed E-state index contributed by atoms with van der Waals surface area (Å²) in [6, 6.07) is 0. The summed E-state index contributed by atoms with van der Waals surface area (Å²) in [7, 11) is -4.88. The number of unbranched alkanes of at least 4 members (excludes halogenated alkanes) is 15. The molecule has 7 N–H and O–H groups in total.